The molecule has 0 unspecified atom stereocenters. The smallest absolute Gasteiger partial charge is 0.355 e. The lowest BCUT2D eigenvalue weighted by Crippen LogP contribution is -2.17. The van der Waals surface area contributed by atoms with Crippen LogP contribution in [0.4, 0.5) is 10.3 Å². The summed E-state index contributed by atoms with van der Waals surface area (Å²) >= 11 is 2.42. The number of aromatic nitrogens is 2. The molecule has 0 radical (unpaired) electrons. The zero-order valence-electron chi connectivity index (χ0n) is 13.0. The van der Waals surface area contributed by atoms with E-state index in [9.17, 15) is 14.4 Å². The highest BCUT2D eigenvalue weighted by molar-refractivity contribution is 7.16. The number of amides is 2. The molecule has 2 amide bonds. The number of nitrogens with zero attached hydrogens (tertiary/aromatic N) is 2. The highest BCUT2D eigenvalue weighted by Gasteiger charge is 2.20. The number of carbonyl (C=O) groups is 3. The van der Waals surface area contributed by atoms with Crippen molar-refractivity contribution in [3.63, 3.8) is 0 Å². The SMILES string of the molecule is CC(C)c1sc(NC(=O)CCC(=O)Nc2nccs2)nc1C(=O)O. The molecule has 0 aliphatic heterocycles. The van der Waals surface area contributed by atoms with E-state index < -0.39 is 11.9 Å². The normalized spacial score (nSPS) is 10.6. The van der Waals surface area contributed by atoms with Gasteiger partial charge < -0.3 is 15.7 Å². The van der Waals surface area contributed by atoms with Gasteiger partial charge in [-0.15, -0.1) is 22.7 Å². The second-order valence-electron chi connectivity index (χ2n) is 5.13. The molecule has 0 saturated heterocycles. The minimum absolute atomic E-state index is 0.000383. The molecule has 8 nitrogen and oxygen atoms in total. The van der Waals surface area contributed by atoms with Gasteiger partial charge in [0.1, 0.15) is 0 Å². The first kappa shape index (κ1) is 18.0. The summed E-state index contributed by atoms with van der Waals surface area (Å²) in [6.07, 6.45) is 1.54. The van der Waals surface area contributed by atoms with Crippen LogP contribution in [0.25, 0.3) is 0 Å². The molecular formula is C14H16N4O4S2. The van der Waals surface area contributed by atoms with Crippen molar-refractivity contribution in [3.8, 4) is 0 Å². The summed E-state index contributed by atoms with van der Waals surface area (Å²) in [5, 5.41) is 16.7. The van der Waals surface area contributed by atoms with Gasteiger partial charge in [0, 0.05) is 29.3 Å². The van der Waals surface area contributed by atoms with Gasteiger partial charge in [-0.25, -0.2) is 14.8 Å². The summed E-state index contributed by atoms with van der Waals surface area (Å²) < 4.78 is 0. The van der Waals surface area contributed by atoms with Crippen molar-refractivity contribution in [2.24, 2.45) is 0 Å². The Morgan fingerprint density at radius 1 is 1.17 bits per heavy atom. The zero-order chi connectivity index (χ0) is 17.7. The lowest BCUT2D eigenvalue weighted by atomic mass is 10.1. The molecule has 3 N–H and O–H groups in total. The standard InChI is InChI=1S/C14H16N4O4S2/c1-7(2)11-10(12(21)22)18-14(24-11)17-9(20)4-3-8(19)16-13-15-5-6-23-13/h5-7H,3-4H2,1-2H3,(H,21,22)(H,15,16,19)(H,17,18,20). The van der Waals surface area contributed by atoms with Gasteiger partial charge in [-0.2, -0.15) is 0 Å². The molecule has 0 saturated carbocycles. The maximum atomic E-state index is 11.9. The third-order valence-electron chi connectivity index (χ3n) is 2.88. The molecule has 0 bridgehead atoms. The summed E-state index contributed by atoms with van der Waals surface area (Å²) in [5.41, 5.74) is -0.0492. The fraction of sp³-hybridized carbons (Fsp3) is 0.357. The molecule has 10 heteroatoms. The number of hydrogen-bond donors (Lipinski definition) is 3. The molecule has 2 heterocycles. The second-order valence-corrected chi connectivity index (χ2v) is 7.05. The lowest BCUT2D eigenvalue weighted by Gasteiger charge is -2.02. The third kappa shape index (κ3) is 4.83. The van der Waals surface area contributed by atoms with Crippen LogP contribution in [0.5, 0.6) is 0 Å². The van der Waals surface area contributed by atoms with Crippen LogP contribution < -0.4 is 10.6 Å². The van der Waals surface area contributed by atoms with Crippen molar-refractivity contribution in [1.82, 2.24) is 9.97 Å². The van der Waals surface area contributed by atoms with E-state index in [2.05, 4.69) is 20.6 Å². The van der Waals surface area contributed by atoms with Gasteiger partial charge in [-0.3, -0.25) is 9.59 Å². The Morgan fingerprint density at radius 2 is 1.79 bits per heavy atom. The summed E-state index contributed by atoms with van der Waals surface area (Å²) in [7, 11) is 0. The van der Waals surface area contributed by atoms with E-state index in [-0.39, 0.29) is 35.5 Å². The summed E-state index contributed by atoms with van der Waals surface area (Å²) in [6, 6.07) is 0. The molecule has 0 atom stereocenters. The van der Waals surface area contributed by atoms with Gasteiger partial charge in [-0.05, 0) is 5.92 Å². The minimum atomic E-state index is -1.13. The van der Waals surface area contributed by atoms with Crippen molar-refractivity contribution in [1.29, 1.82) is 0 Å². The van der Waals surface area contributed by atoms with Crippen LogP contribution in [0.2, 0.25) is 0 Å². The van der Waals surface area contributed by atoms with Crippen molar-refractivity contribution < 1.29 is 19.5 Å². The molecular weight excluding hydrogens is 352 g/mol. The van der Waals surface area contributed by atoms with Crippen LogP contribution in [-0.2, 0) is 9.59 Å². The van der Waals surface area contributed by atoms with Crippen LogP contribution in [0.3, 0.4) is 0 Å². The molecule has 24 heavy (non-hydrogen) atoms. The third-order valence-corrected chi connectivity index (χ3v) is 4.84. The zero-order valence-corrected chi connectivity index (χ0v) is 14.7. The number of carboxylic acids is 1. The van der Waals surface area contributed by atoms with E-state index in [1.807, 2.05) is 13.8 Å². The molecule has 2 aromatic rings. The maximum Gasteiger partial charge on any atom is 0.355 e. The average Bonchev–Trinajstić information content (AvgIpc) is 3.14. The first-order chi connectivity index (χ1) is 11.4. The fourth-order valence-corrected chi connectivity index (χ4v) is 3.33. The Bertz CT molecular complexity index is 740. The Kier molecular flexibility index (Phi) is 5.99. The number of hydrogen-bond acceptors (Lipinski definition) is 7. The van der Waals surface area contributed by atoms with Crippen molar-refractivity contribution >= 4 is 50.7 Å². The molecule has 128 valence electrons. The monoisotopic (exact) mass is 368 g/mol. The number of carbonyl (C=O) groups excluding carboxylic acids is 2. The molecule has 0 spiro atoms. The lowest BCUT2D eigenvalue weighted by molar-refractivity contribution is -0.121. The molecule has 0 fully saturated rings. The Labute approximate surface area is 146 Å². The predicted octanol–water partition coefficient (Wildman–Crippen LogP) is 2.78. The fourth-order valence-electron chi connectivity index (χ4n) is 1.81. The number of aromatic carboxylic acids is 1. The van der Waals surface area contributed by atoms with Crippen molar-refractivity contribution in [3.05, 3.63) is 22.1 Å². The molecule has 2 aromatic heterocycles. The van der Waals surface area contributed by atoms with E-state index in [1.165, 1.54) is 11.3 Å². The molecule has 0 aliphatic carbocycles. The van der Waals surface area contributed by atoms with E-state index in [0.29, 0.717) is 10.0 Å². The highest BCUT2D eigenvalue weighted by Crippen LogP contribution is 2.29. The van der Waals surface area contributed by atoms with E-state index in [4.69, 9.17) is 5.11 Å². The predicted molar refractivity (Wildman–Crippen MR) is 91.8 cm³/mol. The Hall–Kier alpha value is -2.33. The van der Waals surface area contributed by atoms with E-state index in [1.54, 1.807) is 11.6 Å². The quantitative estimate of drug-likeness (QED) is 0.691. The minimum Gasteiger partial charge on any atom is -0.476 e. The first-order valence-corrected chi connectivity index (χ1v) is 8.79. The Balaban J connectivity index is 1.89. The van der Waals surface area contributed by atoms with E-state index in [0.717, 1.165) is 11.3 Å². The van der Waals surface area contributed by atoms with Crippen LogP contribution in [-0.4, -0.2) is 32.9 Å². The van der Waals surface area contributed by atoms with Crippen molar-refractivity contribution in [2.75, 3.05) is 10.6 Å². The maximum absolute atomic E-state index is 11.9. The van der Waals surface area contributed by atoms with Gasteiger partial charge >= 0.3 is 5.97 Å². The van der Waals surface area contributed by atoms with Crippen LogP contribution in [0.1, 0.15) is 48.0 Å². The first-order valence-electron chi connectivity index (χ1n) is 7.10. The van der Waals surface area contributed by atoms with Gasteiger partial charge in [0.2, 0.25) is 11.8 Å². The van der Waals surface area contributed by atoms with Gasteiger partial charge in [0.25, 0.3) is 0 Å². The van der Waals surface area contributed by atoms with Crippen LogP contribution in [0.15, 0.2) is 11.6 Å². The number of nitrogens with one attached hydrogen (secondary N) is 2. The Morgan fingerprint density at radius 3 is 2.25 bits per heavy atom. The topological polar surface area (TPSA) is 121 Å². The van der Waals surface area contributed by atoms with Crippen LogP contribution >= 0.6 is 22.7 Å². The summed E-state index contributed by atoms with van der Waals surface area (Å²) in [5.74, 6) is -1.85. The van der Waals surface area contributed by atoms with Gasteiger partial charge in [0.05, 0.1) is 0 Å². The number of thiazole rings is 2. The van der Waals surface area contributed by atoms with Crippen molar-refractivity contribution in [2.45, 2.75) is 32.6 Å². The van der Waals surface area contributed by atoms with Gasteiger partial charge in [0.15, 0.2) is 16.0 Å². The summed E-state index contributed by atoms with van der Waals surface area (Å²) in [4.78, 5) is 43.2. The molecule has 0 aliphatic rings. The summed E-state index contributed by atoms with van der Waals surface area (Å²) in [6.45, 7) is 3.71. The number of rotatable bonds is 7. The molecule has 0 aromatic carbocycles. The average molecular weight is 368 g/mol. The van der Waals surface area contributed by atoms with E-state index >= 15 is 0 Å². The van der Waals surface area contributed by atoms with Crippen LogP contribution in [0, 0.1) is 0 Å². The largest absolute Gasteiger partial charge is 0.476 e. The highest BCUT2D eigenvalue weighted by atomic mass is 32.1. The second kappa shape index (κ2) is 7.97. The van der Waals surface area contributed by atoms with Gasteiger partial charge in [-0.1, -0.05) is 13.8 Å². The number of carboxylic acid groups (broad SMARTS) is 1. The molecule has 2 rings (SSSR count). The number of anilines is 2.